The molecule has 0 aliphatic heterocycles. The van der Waals surface area contributed by atoms with Crippen LogP contribution in [0.15, 0.2) is 48.7 Å². The molecule has 0 aliphatic carbocycles. The summed E-state index contributed by atoms with van der Waals surface area (Å²) >= 11 is 6.01. The lowest BCUT2D eigenvalue weighted by Gasteiger charge is -2.07. The van der Waals surface area contributed by atoms with Crippen LogP contribution in [-0.2, 0) is 16.0 Å². The summed E-state index contributed by atoms with van der Waals surface area (Å²) in [7, 11) is 0. The summed E-state index contributed by atoms with van der Waals surface area (Å²) in [6, 6.07) is 13.1. The van der Waals surface area contributed by atoms with Crippen molar-refractivity contribution in [3.63, 3.8) is 0 Å². The van der Waals surface area contributed by atoms with Gasteiger partial charge in [-0.3, -0.25) is 9.59 Å². The Morgan fingerprint density at radius 1 is 1.12 bits per heavy atom. The fourth-order valence-corrected chi connectivity index (χ4v) is 2.77. The number of benzene rings is 2. The van der Waals surface area contributed by atoms with Crippen LogP contribution < -0.4 is 10.6 Å². The van der Waals surface area contributed by atoms with Gasteiger partial charge in [-0.25, -0.2) is 0 Å². The van der Waals surface area contributed by atoms with Crippen LogP contribution >= 0.6 is 11.6 Å². The number of amides is 2. The lowest BCUT2D eigenvalue weighted by molar-refractivity contribution is -0.136. The summed E-state index contributed by atoms with van der Waals surface area (Å²) in [6.45, 7) is 2.24. The third-order valence-corrected chi connectivity index (χ3v) is 4.40. The third-order valence-electron chi connectivity index (χ3n) is 3.99. The van der Waals surface area contributed by atoms with Crippen molar-refractivity contribution in [1.82, 2.24) is 10.3 Å². The maximum absolute atomic E-state index is 11.9. The van der Waals surface area contributed by atoms with Crippen LogP contribution in [0.5, 0.6) is 0 Å². The summed E-state index contributed by atoms with van der Waals surface area (Å²) in [4.78, 5) is 27.1. The number of hydrogen-bond donors (Lipinski definition) is 3. The van der Waals surface area contributed by atoms with Crippen LogP contribution in [0.4, 0.5) is 5.69 Å². The Kier molecular flexibility index (Phi) is 5.05. The number of nitrogens with one attached hydrogen (secondary N) is 3. The maximum Gasteiger partial charge on any atom is 0.313 e. The van der Waals surface area contributed by atoms with Gasteiger partial charge in [-0.1, -0.05) is 35.9 Å². The summed E-state index contributed by atoms with van der Waals surface area (Å²) in [5.74, 6) is -1.38. The largest absolute Gasteiger partial charge is 0.361 e. The monoisotopic (exact) mass is 355 g/mol. The van der Waals surface area contributed by atoms with Crippen molar-refractivity contribution < 1.29 is 9.59 Å². The summed E-state index contributed by atoms with van der Waals surface area (Å²) < 4.78 is 0. The Morgan fingerprint density at radius 3 is 2.72 bits per heavy atom. The highest BCUT2D eigenvalue weighted by molar-refractivity contribution is 6.39. The average molecular weight is 356 g/mol. The number of anilines is 1. The molecule has 1 aromatic heterocycles. The van der Waals surface area contributed by atoms with Crippen LogP contribution in [-0.4, -0.2) is 23.3 Å². The van der Waals surface area contributed by atoms with Gasteiger partial charge in [0.2, 0.25) is 0 Å². The molecule has 3 rings (SSSR count). The molecule has 0 saturated heterocycles. The van der Waals surface area contributed by atoms with E-state index in [1.165, 1.54) is 0 Å². The van der Waals surface area contributed by atoms with E-state index in [1.54, 1.807) is 18.2 Å². The number of aromatic amines is 1. The fraction of sp³-hybridized carbons (Fsp3) is 0.158. The Bertz CT molecular complexity index is 933. The zero-order valence-corrected chi connectivity index (χ0v) is 14.5. The molecule has 0 saturated carbocycles. The second-order valence-electron chi connectivity index (χ2n) is 5.78. The Balaban J connectivity index is 1.53. The van der Waals surface area contributed by atoms with Crippen LogP contribution in [0.1, 0.15) is 11.1 Å². The van der Waals surface area contributed by atoms with Crippen molar-refractivity contribution in [2.75, 3.05) is 11.9 Å². The van der Waals surface area contributed by atoms with Crippen molar-refractivity contribution in [2.45, 2.75) is 13.3 Å². The normalized spacial score (nSPS) is 10.6. The minimum Gasteiger partial charge on any atom is -0.361 e. The highest BCUT2D eigenvalue weighted by Gasteiger charge is 2.14. The molecule has 0 atom stereocenters. The highest BCUT2D eigenvalue weighted by atomic mass is 35.5. The first-order valence-corrected chi connectivity index (χ1v) is 8.33. The van der Waals surface area contributed by atoms with Gasteiger partial charge < -0.3 is 15.6 Å². The quantitative estimate of drug-likeness (QED) is 0.627. The zero-order chi connectivity index (χ0) is 17.8. The molecule has 0 unspecified atom stereocenters. The summed E-state index contributed by atoms with van der Waals surface area (Å²) in [5.41, 5.74) is 3.55. The van der Waals surface area contributed by atoms with Crippen LogP contribution in [0.25, 0.3) is 10.9 Å². The highest BCUT2D eigenvalue weighted by Crippen LogP contribution is 2.20. The van der Waals surface area contributed by atoms with Crippen LogP contribution in [0.2, 0.25) is 5.02 Å². The molecule has 0 aliphatic rings. The predicted molar refractivity (Wildman–Crippen MR) is 99.8 cm³/mol. The molecule has 0 spiro atoms. The van der Waals surface area contributed by atoms with E-state index in [2.05, 4.69) is 15.6 Å². The first-order valence-electron chi connectivity index (χ1n) is 7.95. The predicted octanol–water partition coefficient (Wildman–Crippen LogP) is 3.43. The standard InChI is InChI=1S/C19H18ClN3O2/c1-12-6-7-14(10-16(12)20)23-19(25)18(24)21-9-8-13-11-22-17-5-3-2-4-15(13)17/h2-7,10-11,22H,8-9H2,1H3,(H,21,24)(H,23,25). The van der Waals surface area contributed by atoms with E-state index in [0.29, 0.717) is 23.7 Å². The van der Waals surface area contributed by atoms with Gasteiger partial charge in [0, 0.05) is 34.4 Å². The second-order valence-corrected chi connectivity index (χ2v) is 6.19. The number of halogens is 1. The van der Waals surface area contributed by atoms with Gasteiger partial charge in [-0.05, 0) is 42.7 Å². The van der Waals surface area contributed by atoms with Crippen molar-refractivity contribution in [3.8, 4) is 0 Å². The molecule has 3 aromatic rings. The van der Waals surface area contributed by atoms with Crippen LogP contribution in [0.3, 0.4) is 0 Å². The number of aromatic nitrogens is 1. The SMILES string of the molecule is Cc1ccc(NC(=O)C(=O)NCCc2c[nH]c3ccccc23)cc1Cl. The zero-order valence-electron chi connectivity index (χ0n) is 13.7. The van der Waals surface area contributed by atoms with Gasteiger partial charge in [0.25, 0.3) is 0 Å². The molecule has 2 aromatic carbocycles. The molecule has 128 valence electrons. The number of carbonyl (C=O) groups excluding carboxylic acids is 2. The van der Waals surface area contributed by atoms with Gasteiger partial charge >= 0.3 is 11.8 Å². The minimum atomic E-state index is -0.709. The Hall–Kier alpha value is -2.79. The van der Waals surface area contributed by atoms with E-state index in [-0.39, 0.29) is 0 Å². The molecule has 3 N–H and O–H groups in total. The maximum atomic E-state index is 11.9. The number of para-hydroxylation sites is 1. The van der Waals surface area contributed by atoms with Crippen molar-refractivity contribution in [1.29, 1.82) is 0 Å². The molecular formula is C19H18ClN3O2. The number of carbonyl (C=O) groups is 2. The number of aryl methyl sites for hydroxylation is 1. The van der Waals surface area contributed by atoms with Gasteiger partial charge in [0.1, 0.15) is 0 Å². The van der Waals surface area contributed by atoms with E-state index in [4.69, 9.17) is 11.6 Å². The average Bonchev–Trinajstić information content (AvgIpc) is 3.01. The molecule has 1 heterocycles. The van der Waals surface area contributed by atoms with E-state index in [1.807, 2.05) is 37.4 Å². The van der Waals surface area contributed by atoms with Gasteiger partial charge in [-0.2, -0.15) is 0 Å². The van der Waals surface area contributed by atoms with Crippen molar-refractivity contribution in [3.05, 3.63) is 64.8 Å². The summed E-state index contributed by atoms with van der Waals surface area (Å²) in [5, 5.41) is 6.84. The number of fused-ring (bicyclic) bond motifs is 1. The van der Waals surface area contributed by atoms with Gasteiger partial charge in [0.15, 0.2) is 0 Å². The second kappa shape index (κ2) is 7.40. The van der Waals surface area contributed by atoms with Gasteiger partial charge in [-0.15, -0.1) is 0 Å². The Morgan fingerprint density at radius 2 is 1.92 bits per heavy atom. The lowest BCUT2D eigenvalue weighted by atomic mass is 10.1. The van der Waals surface area contributed by atoms with E-state index >= 15 is 0 Å². The molecule has 0 fully saturated rings. The topological polar surface area (TPSA) is 74.0 Å². The number of H-pyrrole nitrogens is 1. The van der Waals surface area contributed by atoms with E-state index in [0.717, 1.165) is 22.0 Å². The third kappa shape index (κ3) is 4.00. The summed E-state index contributed by atoms with van der Waals surface area (Å²) in [6.07, 6.45) is 2.56. The van der Waals surface area contributed by atoms with Crippen molar-refractivity contribution >= 4 is 40.0 Å². The molecular weight excluding hydrogens is 338 g/mol. The fourth-order valence-electron chi connectivity index (χ4n) is 2.59. The smallest absolute Gasteiger partial charge is 0.313 e. The first kappa shape index (κ1) is 17.0. The lowest BCUT2D eigenvalue weighted by Crippen LogP contribution is -2.36. The Labute approximate surface area is 150 Å². The van der Waals surface area contributed by atoms with Crippen molar-refractivity contribution in [2.24, 2.45) is 0 Å². The molecule has 6 heteroatoms. The molecule has 0 bridgehead atoms. The minimum absolute atomic E-state index is 0.378. The molecule has 2 amide bonds. The number of rotatable bonds is 4. The molecule has 25 heavy (non-hydrogen) atoms. The van der Waals surface area contributed by atoms with E-state index in [9.17, 15) is 9.59 Å². The molecule has 0 radical (unpaired) electrons. The van der Waals surface area contributed by atoms with Gasteiger partial charge in [0.05, 0.1) is 0 Å². The van der Waals surface area contributed by atoms with Crippen LogP contribution in [0, 0.1) is 6.92 Å². The molecule has 5 nitrogen and oxygen atoms in total. The first-order chi connectivity index (χ1) is 12.0. The van der Waals surface area contributed by atoms with E-state index < -0.39 is 11.8 Å². The number of hydrogen-bond acceptors (Lipinski definition) is 2.